The summed E-state index contributed by atoms with van der Waals surface area (Å²) in [4.78, 5) is 11.5. The standard InChI is InChI=1S/C11H15ClN2O/c1-2-3-10(13)11(15)14-9-6-4-8(12)5-7-9/h4-7,10H,2-3,13H2,1H3,(H,14,15)/t10-/m0/s1. The van der Waals surface area contributed by atoms with E-state index in [1.54, 1.807) is 24.3 Å². The minimum absolute atomic E-state index is 0.154. The van der Waals surface area contributed by atoms with Crippen molar-refractivity contribution in [1.82, 2.24) is 0 Å². The first kappa shape index (κ1) is 12.0. The molecule has 0 spiro atoms. The number of carbonyl (C=O) groups excluding carboxylic acids is 1. The Morgan fingerprint density at radius 2 is 2.07 bits per heavy atom. The number of amides is 1. The fourth-order valence-electron chi connectivity index (χ4n) is 1.21. The summed E-state index contributed by atoms with van der Waals surface area (Å²) in [7, 11) is 0. The Bertz CT molecular complexity index is 324. The molecule has 1 aromatic rings. The molecule has 4 heteroatoms. The average molecular weight is 227 g/mol. The molecule has 1 atom stereocenters. The van der Waals surface area contributed by atoms with Gasteiger partial charge in [0, 0.05) is 10.7 Å². The molecule has 0 radical (unpaired) electrons. The molecule has 3 N–H and O–H groups in total. The van der Waals surface area contributed by atoms with Gasteiger partial charge in [0.05, 0.1) is 6.04 Å². The number of carbonyl (C=O) groups is 1. The fourth-order valence-corrected chi connectivity index (χ4v) is 1.34. The van der Waals surface area contributed by atoms with E-state index in [2.05, 4.69) is 5.32 Å². The number of hydrogen-bond acceptors (Lipinski definition) is 2. The van der Waals surface area contributed by atoms with Gasteiger partial charge in [0.15, 0.2) is 0 Å². The summed E-state index contributed by atoms with van der Waals surface area (Å²) in [6.45, 7) is 2.00. The fraction of sp³-hybridized carbons (Fsp3) is 0.364. The number of hydrogen-bond donors (Lipinski definition) is 2. The molecule has 82 valence electrons. The Morgan fingerprint density at radius 3 is 2.60 bits per heavy atom. The molecule has 1 rings (SSSR count). The third-order valence-electron chi connectivity index (χ3n) is 2.05. The highest BCUT2D eigenvalue weighted by molar-refractivity contribution is 6.30. The van der Waals surface area contributed by atoms with E-state index in [-0.39, 0.29) is 5.91 Å². The number of nitrogens with two attached hydrogens (primary N) is 1. The highest BCUT2D eigenvalue weighted by atomic mass is 35.5. The molecule has 0 saturated heterocycles. The van der Waals surface area contributed by atoms with Crippen LogP contribution in [0.1, 0.15) is 19.8 Å². The summed E-state index contributed by atoms with van der Waals surface area (Å²) in [5, 5.41) is 3.38. The maximum Gasteiger partial charge on any atom is 0.241 e. The van der Waals surface area contributed by atoms with Crippen molar-refractivity contribution in [2.45, 2.75) is 25.8 Å². The van der Waals surface area contributed by atoms with Crippen molar-refractivity contribution in [3.8, 4) is 0 Å². The molecule has 0 aliphatic heterocycles. The first-order valence-electron chi connectivity index (χ1n) is 4.95. The van der Waals surface area contributed by atoms with Gasteiger partial charge in [-0.3, -0.25) is 4.79 Å². The highest BCUT2D eigenvalue weighted by Gasteiger charge is 2.11. The Hall–Kier alpha value is -1.06. The number of benzene rings is 1. The van der Waals surface area contributed by atoms with Crippen molar-refractivity contribution in [1.29, 1.82) is 0 Å². The lowest BCUT2D eigenvalue weighted by Gasteiger charge is -2.10. The van der Waals surface area contributed by atoms with Crippen LogP contribution in [0.5, 0.6) is 0 Å². The van der Waals surface area contributed by atoms with Crippen molar-refractivity contribution in [2.24, 2.45) is 5.73 Å². The van der Waals surface area contributed by atoms with Gasteiger partial charge in [-0.25, -0.2) is 0 Å². The molecule has 1 aromatic carbocycles. The SMILES string of the molecule is CCC[C@H](N)C(=O)Nc1ccc(Cl)cc1. The van der Waals surface area contributed by atoms with Crippen LogP contribution in [0.25, 0.3) is 0 Å². The summed E-state index contributed by atoms with van der Waals surface area (Å²) in [5.41, 5.74) is 6.39. The zero-order chi connectivity index (χ0) is 11.3. The molecule has 0 unspecified atom stereocenters. The summed E-state index contributed by atoms with van der Waals surface area (Å²) < 4.78 is 0. The molecule has 0 aromatic heterocycles. The second kappa shape index (κ2) is 5.73. The summed E-state index contributed by atoms with van der Waals surface area (Å²) >= 11 is 5.72. The molecule has 15 heavy (non-hydrogen) atoms. The second-order valence-corrected chi connectivity index (χ2v) is 3.83. The van der Waals surface area contributed by atoms with E-state index < -0.39 is 6.04 Å². The smallest absolute Gasteiger partial charge is 0.241 e. The molecule has 0 heterocycles. The van der Waals surface area contributed by atoms with Crippen molar-refractivity contribution in [2.75, 3.05) is 5.32 Å². The van der Waals surface area contributed by atoms with Crippen LogP contribution in [0.4, 0.5) is 5.69 Å². The number of halogens is 1. The maximum absolute atomic E-state index is 11.5. The topological polar surface area (TPSA) is 55.1 Å². The van der Waals surface area contributed by atoms with Gasteiger partial charge in [-0.05, 0) is 30.7 Å². The van der Waals surface area contributed by atoms with Crippen LogP contribution in [0.2, 0.25) is 5.02 Å². The lowest BCUT2D eigenvalue weighted by atomic mass is 10.1. The quantitative estimate of drug-likeness (QED) is 0.829. The highest BCUT2D eigenvalue weighted by Crippen LogP contribution is 2.13. The second-order valence-electron chi connectivity index (χ2n) is 3.39. The normalized spacial score (nSPS) is 12.2. The van der Waals surface area contributed by atoms with Gasteiger partial charge in [-0.1, -0.05) is 24.9 Å². The van der Waals surface area contributed by atoms with Gasteiger partial charge >= 0.3 is 0 Å². The minimum atomic E-state index is -0.439. The predicted molar refractivity (Wildman–Crippen MR) is 63.0 cm³/mol. The van der Waals surface area contributed by atoms with Crippen LogP contribution in [-0.4, -0.2) is 11.9 Å². The van der Waals surface area contributed by atoms with Crippen LogP contribution in [-0.2, 0) is 4.79 Å². The Balaban J connectivity index is 2.54. The van der Waals surface area contributed by atoms with Gasteiger partial charge in [-0.2, -0.15) is 0 Å². The van der Waals surface area contributed by atoms with E-state index in [9.17, 15) is 4.79 Å². The zero-order valence-corrected chi connectivity index (χ0v) is 9.42. The van der Waals surface area contributed by atoms with Crippen LogP contribution in [0.15, 0.2) is 24.3 Å². The van der Waals surface area contributed by atoms with Crippen molar-refractivity contribution >= 4 is 23.2 Å². The summed E-state index contributed by atoms with van der Waals surface area (Å²) in [5.74, 6) is -0.154. The van der Waals surface area contributed by atoms with Gasteiger partial charge in [0.1, 0.15) is 0 Å². The first-order chi connectivity index (χ1) is 7.13. The number of rotatable bonds is 4. The van der Waals surface area contributed by atoms with Crippen LogP contribution < -0.4 is 11.1 Å². The summed E-state index contributed by atoms with van der Waals surface area (Å²) in [6, 6.07) is 6.51. The van der Waals surface area contributed by atoms with Crippen molar-refractivity contribution in [3.63, 3.8) is 0 Å². The van der Waals surface area contributed by atoms with Gasteiger partial charge in [-0.15, -0.1) is 0 Å². The van der Waals surface area contributed by atoms with E-state index in [1.807, 2.05) is 6.92 Å². The van der Waals surface area contributed by atoms with E-state index in [0.29, 0.717) is 11.4 Å². The Morgan fingerprint density at radius 1 is 1.47 bits per heavy atom. The number of nitrogens with one attached hydrogen (secondary N) is 1. The molecule has 0 saturated carbocycles. The van der Waals surface area contributed by atoms with Crippen LogP contribution in [0, 0.1) is 0 Å². The molecular formula is C11H15ClN2O. The van der Waals surface area contributed by atoms with Gasteiger partial charge in [0.25, 0.3) is 0 Å². The molecule has 3 nitrogen and oxygen atoms in total. The molecule has 0 aliphatic rings. The van der Waals surface area contributed by atoms with Gasteiger partial charge in [0.2, 0.25) is 5.91 Å². The monoisotopic (exact) mass is 226 g/mol. The maximum atomic E-state index is 11.5. The molecular weight excluding hydrogens is 212 g/mol. The van der Waals surface area contributed by atoms with Crippen LogP contribution >= 0.6 is 11.6 Å². The average Bonchev–Trinajstić information content (AvgIpc) is 2.22. The van der Waals surface area contributed by atoms with E-state index in [1.165, 1.54) is 0 Å². The predicted octanol–water partition coefficient (Wildman–Crippen LogP) is 2.41. The Kier molecular flexibility index (Phi) is 4.59. The first-order valence-corrected chi connectivity index (χ1v) is 5.33. The summed E-state index contributed by atoms with van der Waals surface area (Å²) in [6.07, 6.45) is 1.59. The van der Waals surface area contributed by atoms with Crippen molar-refractivity contribution in [3.05, 3.63) is 29.3 Å². The third-order valence-corrected chi connectivity index (χ3v) is 2.30. The van der Waals surface area contributed by atoms with Crippen LogP contribution in [0.3, 0.4) is 0 Å². The van der Waals surface area contributed by atoms with E-state index in [4.69, 9.17) is 17.3 Å². The zero-order valence-electron chi connectivity index (χ0n) is 8.66. The largest absolute Gasteiger partial charge is 0.325 e. The van der Waals surface area contributed by atoms with Gasteiger partial charge < -0.3 is 11.1 Å². The lowest BCUT2D eigenvalue weighted by molar-refractivity contribution is -0.117. The minimum Gasteiger partial charge on any atom is -0.325 e. The third kappa shape index (κ3) is 3.90. The van der Waals surface area contributed by atoms with Crippen molar-refractivity contribution < 1.29 is 4.79 Å². The van der Waals surface area contributed by atoms with E-state index in [0.717, 1.165) is 12.1 Å². The number of anilines is 1. The molecule has 0 bridgehead atoms. The molecule has 1 amide bonds. The Labute approximate surface area is 94.6 Å². The lowest BCUT2D eigenvalue weighted by Crippen LogP contribution is -2.35. The van der Waals surface area contributed by atoms with E-state index >= 15 is 0 Å². The molecule has 0 aliphatic carbocycles. The molecule has 0 fully saturated rings.